The van der Waals surface area contributed by atoms with E-state index in [4.69, 9.17) is 16.7 Å². The number of hydrogen-bond acceptors (Lipinski definition) is 2. The lowest BCUT2D eigenvalue weighted by Crippen LogP contribution is -2.06. The molecule has 2 rings (SSSR count). The monoisotopic (exact) mass is 302 g/mol. The SMILES string of the molecule is O=C(O)CCCc1ccccc1C(=O)c1ccc(Cl)cc1. The molecule has 2 aromatic carbocycles. The second-order valence-electron chi connectivity index (χ2n) is 4.74. The number of ketones is 1. The Balaban J connectivity index is 2.20. The number of carbonyl (C=O) groups is 2. The van der Waals surface area contributed by atoms with Gasteiger partial charge in [0.2, 0.25) is 0 Å². The van der Waals surface area contributed by atoms with Crippen LogP contribution in [0, 0.1) is 0 Å². The van der Waals surface area contributed by atoms with E-state index in [0.717, 1.165) is 5.56 Å². The maximum Gasteiger partial charge on any atom is 0.303 e. The van der Waals surface area contributed by atoms with Crippen LogP contribution in [0.15, 0.2) is 48.5 Å². The highest BCUT2D eigenvalue weighted by atomic mass is 35.5. The van der Waals surface area contributed by atoms with Crippen LogP contribution >= 0.6 is 11.6 Å². The highest BCUT2D eigenvalue weighted by Crippen LogP contribution is 2.18. The first kappa shape index (κ1) is 15.3. The van der Waals surface area contributed by atoms with Gasteiger partial charge in [-0.2, -0.15) is 0 Å². The van der Waals surface area contributed by atoms with Crippen LogP contribution in [0.1, 0.15) is 34.3 Å². The molecule has 0 amide bonds. The Hall–Kier alpha value is -2.13. The molecule has 0 saturated heterocycles. The molecule has 0 atom stereocenters. The Morgan fingerprint density at radius 1 is 1.00 bits per heavy atom. The molecule has 0 unspecified atom stereocenters. The Morgan fingerprint density at radius 3 is 2.33 bits per heavy atom. The van der Waals surface area contributed by atoms with Crippen LogP contribution in [0.4, 0.5) is 0 Å². The lowest BCUT2D eigenvalue weighted by atomic mass is 9.95. The number of carboxylic acid groups (broad SMARTS) is 1. The molecule has 0 aromatic heterocycles. The van der Waals surface area contributed by atoms with Gasteiger partial charge in [-0.25, -0.2) is 0 Å². The summed E-state index contributed by atoms with van der Waals surface area (Å²) in [6.45, 7) is 0. The van der Waals surface area contributed by atoms with Crippen molar-refractivity contribution < 1.29 is 14.7 Å². The van der Waals surface area contributed by atoms with Gasteiger partial charge in [0.15, 0.2) is 5.78 Å². The smallest absolute Gasteiger partial charge is 0.303 e. The summed E-state index contributed by atoms with van der Waals surface area (Å²) in [7, 11) is 0. The Labute approximate surface area is 128 Å². The summed E-state index contributed by atoms with van der Waals surface area (Å²) in [4.78, 5) is 23.1. The Morgan fingerprint density at radius 2 is 1.67 bits per heavy atom. The summed E-state index contributed by atoms with van der Waals surface area (Å²) >= 11 is 5.82. The van der Waals surface area contributed by atoms with Crippen LogP contribution in [0.5, 0.6) is 0 Å². The second-order valence-corrected chi connectivity index (χ2v) is 5.18. The predicted molar refractivity (Wildman–Crippen MR) is 81.9 cm³/mol. The molecule has 0 aliphatic carbocycles. The average molecular weight is 303 g/mol. The number of hydrogen-bond donors (Lipinski definition) is 1. The molecule has 0 radical (unpaired) electrons. The van der Waals surface area contributed by atoms with Crippen molar-refractivity contribution >= 4 is 23.4 Å². The molecule has 2 aromatic rings. The van der Waals surface area contributed by atoms with E-state index in [1.165, 1.54) is 0 Å². The molecule has 21 heavy (non-hydrogen) atoms. The van der Waals surface area contributed by atoms with E-state index in [1.807, 2.05) is 18.2 Å². The van der Waals surface area contributed by atoms with Gasteiger partial charge in [-0.15, -0.1) is 0 Å². The van der Waals surface area contributed by atoms with Crippen molar-refractivity contribution in [3.05, 3.63) is 70.2 Å². The third kappa shape index (κ3) is 4.17. The van der Waals surface area contributed by atoms with E-state index in [9.17, 15) is 9.59 Å². The maximum absolute atomic E-state index is 12.5. The minimum Gasteiger partial charge on any atom is -0.481 e. The highest BCUT2D eigenvalue weighted by molar-refractivity contribution is 6.30. The van der Waals surface area contributed by atoms with Crippen molar-refractivity contribution in [3.63, 3.8) is 0 Å². The first-order valence-corrected chi connectivity index (χ1v) is 7.05. The fourth-order valence-electron chi connectivity index (χ4n) is 2.15. The van der Waals surface area contributed by atoms with Crippen molar-refractivity contribution in [2.45, 2.75) is 19.3 Å². The lowest BCUT2D eigenvalue weighted by molar-refractivity contribution is -0.137. The molecule has 0 aliphatic heterocycles. The lowest BCUT2D eigenvalue weighted by Gasteiger charge is -2.08. The second kappa shape index (κ2) is 7.04. The van der Waals surface area contributed by atoms with Crippen LogP contribution in [0.3, 0.4) is 0 Å². The van der Waals surface area contributed by atoms with Crippen molar-refractivity contribution in [1.82, 2.24) is 0 Å². The number of rotatable bonds is 6. The molecule has 0 spiro atoms. The fraction of sp³-hybridized carbons (Fsp3) is 0.176. The summed E-state index contributed by atoms with van der Waals surface area (Å²) in [6, 6.07) is 14.1. The first-order chi connectivity index (χ1) is 10.1. The number of benzene rings is 2. The van der Waals surface area contributed by atoms with Crippen molar-refractivity contribution in [1.29, 1.82) is 0 Å². The van der Waals surface area contributed by atoms with Gasteiger partial charge in [-0.3, -0.25) is 9.59 Å². The van der Waals surface area contributed by atoms with Crippen molar-refractivity contribution in [2.24, 2.45) is 0 Å². The van der Waals surface area contributed by atoms with Crippen LogP contribution in [-0.2, 0) is 11.2 Å². The topological polar surface area (TPSA) is 54.4 Å². The molecule has 3 nitrogen and oxygen atoms in total. The summed E-state index contributed by atoms with van der Waals surface area (Å²) in [5.74, 6) is -0.894. The zero-order chi connectivity index (χ0) is 15.2. The summed E-state index contributed by atoms with van der Waals surface area (Å²) in [5, 5.41) is 9.28. The molecule has 108 valence electrons. The molecule has 0 fully saturated rings. The largest absolute Gasteiger partial charge is 0.481 e. The van der Waals surface area contributed by atoms with Gasteiger partial charge >= 0.3 is 5.97 Å². The molecule has 0 saturated carbocycles. The van der Waals surface area contributed by atoms with E-state index in [1.54, 1.807) is 30.3 Å². The highest BCUT2D eigenvalue weighted by Gasteiger charge is 2.13. The summed E-state index contributed by atoms with van der Waals surface area (Å²) in [6.07, 6.45) is 1.19. The third-order valence-corrected chi connectivity index (χ3v) is 3.46. The van der Waals surface area contributed by atoms with Crippen LogP contribution in [-0.4, -0.2) is 16.9 Å². The minimum absolute atomic E-state index is 0.0717. The number of aliphatic carboxylic acids is 1. The molecule has 0 bridgehead atoms. The minimum atomic E-state index is -0.823. The molecular formula is C17H15ClO3. The standard InChI is InChI=1S/C17H15ClO3/c18-14-10-8-13(9-11-14)17(21)15-6-2-1-4-12(15)5-3-7-16(19)20/h1-2,4,6,8-11H,3,5,7H2,(H,19,20). The number of halogens is 1. The number of aryl methyl sites for hydroxylation is 1. The predicted octanol–water partition coefficient (Wildman–Crippen LogP) is 3.98. The van der Waals surface area contributed by atoms with Crippen LogP contribution in [0.2, 0.25) is 5.02 Å². The quantitative estimate of drug-likeness (QED) is 0.821. The molecular weight excluding hydrogens is 288 g/mol. The zero-order valence-corrected chi connectivity index (χ0v) is 12.1. The Bertz CT molecular complexity index is 647. The third-order valence-electron chi connectivity index (χ3n) is 3.21. The van der Waals surface area contributed by atoms with Gasteiger partial charge < -0.3 is 5.11 Å². The molecule has 4 heteroatoms. The molecule has 0 aliphatic rings. The van der Waals surface area contributed by atoms with Gasteiger partial charge in [0.25, 0.3) is 0 Å². The van der Waals surface area contributed by atoms with E-state index < -0.39 is 5.97 Å². The van der Waals surface area contributed by atoms with Crippen molar-refractivity contribution in [2.75, 3.05) is 0 Å². The molecule has 1 N–H and O–H groups in total. The summed E-state index contributed by atoms with van der Waals surface area (Å²) in [5.41, 5.74) is 2.06. The number of carboxylic acids is 1. The average Bonchev–Trinajstić information content (AvgIpc) is 2.47. The van der Waals surface area contributed by atoms with Gasteiger partial charge in [0.1, 0.15) is 0 Å². The molecule has 0 heterocycles. The number of carbonyl (C=O) groups excluding carboxylic acids is 1. The fourth-order valence-corrected chi connectivity index (χ4v) is 2.27. The van der Waals surface area contributed by atoms with Gasteiger partial charge in [-0.05, 0) is 42.7 Å². The van der Waals surface area contributed by atoms with Crippen LogP contribution in [0.25, 0.3) is 0 Å². The van der Waals surface area contributed by atoms with Gasteiger partial charge in [-0.1, -0.05) is 35.9 Å². The van der Waals surface area contributed by atoms with E-state index >= 15 is 0 Å². The van der Waals surface area contributed by atoms with E-state index in [-0.39, 0.29) is 12.2 Å². The normalized spacial score (nSPS) is 10.3. The Kier molecular flexibility index (Phi) is 5.12. The van der Waals surface area contributed by atoms with E-state index in [0.29, 0.717) is 29.0 Å². The summed E-state index contributed by atoms with van der Waals surface area (Å²) < 4.78 is 0. The zero-order valence-electron chi connectivity index (χ0n) is 11.4. The van der Waals surface area contributed by atoms with Crippen molar-refractivity contribution in [3.8, 4) is 0 Å². The first-order valence-electron chi connectivity index (χ1n) is 6.68. The van der Waals surface area contributed by atoms with Gasteiger partial charge in [0, 0.05) is 22.6 Å². The van der Waals surface area contributed by atoms with E-state index in [2.05, 4.69) is 0 Å². The van der Waals surface area contributed by atoms with Crippen LogP contribution < -0.4 is 0 Å². The maximum atomic E-state index is 12.5. The van der Waals surface area contributed by atoms with Gasteiger partial charge in [0.05, 0.1) is 0 Å².